The Morgan fingerprint density at radius 1 is 1.60 bits per heavy atom. The fourth-order valence-corrected chi connectivity index (χ4v) is 1.23. The molecule has 0 saturated carbocycles. The molecule has 0 aliphatic heterocycles. The Labute approximate surface area is 90.5 Å². The van der Waals surface area contributed by atoms with Crippen molar-refractivity contribution in [2.75, 3.05) is 12.8 Å². The summed E-state index contributed by atoms with van der Waals surface area (Å²) in [7, 11) is 1.81. The summed E-state index contributed by atoms with van der Waals surface area (Å²) in [4.78, 5) is 16.6. The lowest BCUT2D eigenvalue weighted by Crippen LogP contribution is -2.44. The fourth-order valence-electron chi connectivity index (χ4n) is 1.23. The predicted molar refractivity (Wildman–Crippen MR) is 61.7 cm³/mol. The minimum atomic E-state index is -0.142. The summed E-state index contributed by atoms with van der Waals surface area (Å²) < 4.78 is 0. The molecule has 84 valence electrons. The number of nitrogens with two attached hydrogens (primary N) is 1. The molecular weight excluding hydrogens is 190 g/mol. The van der Waals surface area contributed by atoms with Gasteiger partial charge in [-0.3, -0.25) is 4.79 Å². The zero-order valence-electron chi connectivity index (χ0n) is 9.79. The van der Waals surface area contributed by atoms with Crippen LogP contribution in [0, 0.1) is 0 Å². The van der Waals surface area contributed by atoms with Gasteiger partial charge in [0.2, 0.25) is 0 Å². The number of carbonyl (C=O) groups is 1. The summed E-state index contributed by atoms with van der Waals surface area (Å²) in [5.41, 5.74) is 6.54. The van der Waals surface area contributed by atoms with E-state index in [1.807, 2.05) is 20.9 Å². The number of H-pyrrole nitrogens is 1. The van der Waals surface area contributed by atoms with Crippen molar-refractivity contribution < 1.29 is 4.79 Å². The molecule has 3 N–H and O–H groups in total. The van der Waals surface area contributed by atoms with Gasteiger partial charge in [-0.1, -0.05) is 6.92 Å². The van der Waals surface area contributed by atoms with Crippen LogP contribution in [0.4, 0.5) is 5.69 Å². The van der Waals surface area contributed by atoms with E-state index >= 15 is 0 Å². The lowest BCUT2D eigenvalue weighted by Gasteiger charge is -2.34. The zero-order chi connectivity index (χ0) is 11.6. The third-order valence-electron chi connectivity index (χ3n) is 3.01. The Balaban J connectivity index is 2.86. The Morgan fingerprint density at radius 3 is 2.60 bits per heavy atom. The van der Waals surface area contributed by atoms with Gasteiger partial charge in [-0.05, 0) is 26.3 Å². The second-order valence-electron chi connectivity index (χ2n) is 4.38. The Bertz CT molecular complexity index is 354. The molecule has 0 unspecified atom stereocenters. The second-order valence-corrected chi connectivity index (χ2v) is 4.38. The van der Waals surface area contributed by atoms with Crippen molar-refractivity contribution in [3.8, 4) is 0 Å². The monoisotopic (exact) mass is 209 g/mol. The van der Waals surface area contributed by atoms with Gasteiger partial charge in [-0.25, -0.2) is 0 Å². The van der Waals surface area contributed by atoms with Crippen LogP contribution in [0.2, 0.25) is 0 Å². The van der Waals surface area contributed by atoms with E-state index in [1.54, 1.807) is 17.2 Å². The SMILES string of the molecule is CCC(C)(C)N(C)C(=O)c1cc(N)c[nH]1. The number of aromatic amines is 1. The Kier molecular flexibility index (Phi) is 3.07. The number of anilines is 1. The highest BCUT2D eigenvalue weighted by Gasteiger charge is 2.26. The predicted octanol–water partition coefficient (Wildman–Crippen LogP) is 1.86. The number of rotatable bonds is 3. The molecule has 4 heteroatoms. The van der Waals surface area contributed by atoms with E-state index in [4.69, 9.17) is 5.73 Å². The maximum atomic E-state index is 12.0. The number of aromatic nitrogens is 1. The van der Waals surface area contributed by atoms with Crippen molar-refractivity contribution in [1.82, 2.24) is 9.88 Å². The maximum Gasteiger partial charge on any atom is 0.270 e. The van der Waals surface area contributed by atoms with Crippen LogP contribution in [-0.4, -0.2) is 28.4 Å². The van der Waals surface area contributed by atoms with E-state index in [9.17, 15) is 4.79 Å². The molecule has 1 heterocycles. The first-order valence-corrected chi connectivity index (χ1v) is 5.10. The first-order chi connectivity index (χ1) is 6.88. The fraction of sp³-hybridized carbons (Fsp3) is 0.545. The lowest BCUT2D eigenvalue weighted by molar-refractivity contribution is 0.0615. The summed E-state index contributed by atoms with van der Waals surface area (Å²) in [6, 6.07) is 1.66. The van der Waals surface area contributed by atoms with Gasteiger partial charge < -0.3 is 15.6 Å². The minimum Gasteiger partial charge on any atom is -0.397 e. The molecule has 0 saturated heterocycles. The van der Waals surface area contributed by atoms with Crippen molar-refractivity contribution in [3.05, 3.63) is 18.0 Å². The molecule has 0 radical (unpaired) electrons. The van der Waals surface area contributed by atoms with Crippen molar-refractivity contribution >= 4 is 11.6 Å². The van der Waals surface area contributed by atoms with E-state index in [0.717, 1.165) is 6.42 Å². The average molecular weight is 209 g/mol. The third kappa shape index (κ3) is 2.32. The number of amides is 1. The van der Waals surface area contributed by atoms with E-state index in [0.29, 0.717) is 11.4 Å². The van der Waals surface area contributed by atoms with E-state index in [1.165, 1.54) is 0 Å². The Morgan fingerprint density at radius 2 is 2.20 bits per heavy atom. The van der Waals surface area contributed by atoms with Crippen LogP contribution < -0.4 is 5.73 Å². The van der Waals surface area contributed by atoms with Crippen molar-refractivity contribution in [2.24, 2.45) is 0 Å². The molecule has 0 fully saturated rings. The molecule has 1 rings (SSSR count). The van der Waals surface area contributed by atoms with Gasteiger partial charge >= 0.3 is 0 Å². The molecule has 0 aliphatic rings. The molecule has 0 aromatic carbocycles. The molecule has 0 atom stereocenters. The van der Waals surface area contributed by atoms with E-state index in [2.05, 4.69) is 11.9 Å². The smallest absolute Gasteiger partial charge is 0.270 e. The van der Waals surface area contributed by atoms with Gasteiger partial charge in [-0.2, -0.15) is 0 Å². The van der Waals surface area contributed by atoms with Crippen LogP contribution in [-0.2, 0) is 0 Å². The number of nitrogen functional groups attached to an aromatic ring is 1. The summed E-state index contributed by atoms with van der Waals surface area (Å²) in [6.07, 6.45) is 2.53. The standard InChI is InChI=1S/C11H19N3O/c1-5-11(2,3)14(4)10(15)9-6-8(12)7-13-9/h6-7,13H,5,12H2,1-4H3. The highest BCUT2D eigenvalue weighted by atomic mass is 16.2. The minimum absolute atomic E-state index is 0.0291. The second kappa shape index (κ2) is 3.96. The number of carbonyl (C=O) groups excluding carboxylic acids is 1. The summed E-state index contributed by atoms with van der Waals surface area (Å²) in [5.74, 6) is -0.0291. The average Bonchev–Trinajstić information content (AvgIpc) is 2.62. The molecular formula is C11H19N3O. The number of hydrogen-bond acceptors (Lipinski definition) is 2. The molecule has 1 aromatic rings. The van der Waals surface area contributed by atoms with Crippen LogP contribution >= 0.6 is 0 Å². The van der Waals surface area contributed by atoms with Gasteiger partial charge in [0.05, 0.1) is 0 Å². The molecule has 15 heavy (non-hydrogen) atoms. The summed E-state index contributed by atoms with van der Waals surface area (Å²) in [5, 5.41) is 0. The molecule has 1 aromatic heterocycles. The van der Waals surface area contributed by atoms with Crippen molar-refractivity contribution in [2.45, 2.75) is 32.7 Å². The largest absolute Gasteiger partial charge is 0.397 e. The highest BCUT2D eigenvalue weighted by Crippen LogP contribution is 2.19. The highest BCUT2D eigenvalue weighted by molar-refractivity contribution is 5.93. The quantitative estimate of drug-likeness (QED) is 0.798. The van der Waals surface area contributed by atoms with Gasteiger partial charge in [0.1, 0.15) is 5.69 Å². The van der Waals surface area contributed by atoms with Crippen LogP contribution in [0.1, 0.15) is 37.7 Å². The van der Waals surface area contributed by atoms with Gasteiger partial charge in [-0.15, -0.1) is 0 Å². The number of nitrogens with one attached hydrogen (secondary N) is 1. The zero-order valence-corrected chi connectivity index (χ0v) is 9.79. The van der Waals surface area contributed by atoms with Crippen LogP contribution in [0.25, 0.3) is 0 Å². The normalized spacial score (nSPS) is 11.5. The maximum absolute atomic E-state index is 12.0. The first kappa shape index (κ1) is 11.6. The molecule has 4 nitrogen and oxygen atoms in total. The van der Waals surface area contributed by atoms with Gasteiger partial charge in [0.25, 0.3) is 5.91 Å². The Hall–Kier alpha value is -1.45. The van der Waals surface area contributed by atoms with E-state index in [-0.39, 0.29) is 11.4 Å². The van der Waals surface area contributed by atoms with Crippen molar-refractivity contribution in [1.29, 1.82) is 0 Å². The molecule has 1 amide bonds. The molecule has 0 spiro atoms. The molecule has 0 bridgehead atoms. The van der Waals surface area contributed by atoms with Gasteiger partial charge in [0.15, 0.2) is 0 Å². The van der Waals surface area contributed by atoms with Crippen LogP contribution in [0.15, 0.2) is 12.3 Å². The molecule has 0 aliphatic carbocycles. The van der Waals surface area contributed by atoms with Crippen LogP contribution in [0.3, 0.4) is 0 Å². The van der Waals surface area contributed by atoms with Gasteiger partial charge in [0, 0.05) is 24.5 Å². The lowest BCUT2D eigenvalue weighted by atomic mass is 9.99. The number of hydrogen-bond donors (Lipinski definition) is 2. The van der Waals surface area contributed by atoms with E-state index < -0.39 is 0 Å². The third-order valence-corrected chi connectivity index (χ3v) is 3.01. The number of nitrogens with zero attached hydrogens (tertiary/aromatic N) is 1. The van der Waals surface area contributed by atoms with Crippen LogP contribution in [0.5, 0.6) is 0 Å². The van der Waals surface area contributed by atoms with Crippen molar-refractivity contribution in [3.63, 3.8) is 0 Å². The summed E-state index contributed by atoms with van der Waals surface area (Å²) in [6.45, 7) is 6.14. The topological polar surface area (TPSA) is 62.1 Å². The summed E-state index contributed by atoms with van der Waals surface area (Å²) >= 11 is 0. The first-order valence-electron chi connectivity index (χ1n) is 5.10.